The molecule has 0 atom stereocenters. The predicted molar refractivity (Wildman–Crippen MR) is 141 cm³/mol. The van der Waals surface area contributed by atoms with Crippen LogP contribution in [0.1, 0.15) is 33.4 Å². The number of hydrogen-bond acceptors (Lipinski definition) is 0. The Labute approximate surface area is 242 Å². The smallest absolute Gasteiger partial charge is 0.103 e. The molecule has 166 valence electrons. The van der Waals surface area contributed by atoms with E-state index in [-0.39, 0.29) is 72.5 Å². The summed E-state index contributed by atoms with van der Waals surface area (Å²) in [4.78, 5) is -3.28. The monoisotopic (exact) mass is 662 g/mol. The van der Waals surface area contributed by atoms with Gasteiger partial charge in [-0.3, -0.25) is 0 Å². The molecule has 6 rings (SSSR count). The Morgan fingerprint density at radius 2 is 0.719 bits per heavy atom. The van der Waals surface area contributed by atoms with Crippen LogP contribution in [0.5, 0.6) is 0 Å². The van der Waals surface area contributed by atoms with Crippen LogP contribution in [0.3, 0.4) is 0 Å². The molecule has 0 heterocycles. The molecule has 12 heteroatoms. The molecule has 32 heavy (non-hydrogen) atoms. The van der Waals surface area contributed by atoms with Gasteiger partial charge in [-0.2, -0.15) is 0 Å². The van der Waals surface area contributed by atoms with Crippen molar-refractivity contribution < 1.29 is 0 Å². The van der Waals surface area contributed by atoms with Gasteiger partial charge in [0.2, 0.25) is 0 Å². The SMILES string of the molecule is Clc1ccc2c(c1Cl)C1(Cl)c3c(Cl)c(Cl)c(Cl)c(Cl)c3C2(Cl)c2c(Cl)c(Cl)c(Cl)c(Cl)c21. The van der Waals surface area contributed by atoms with E-state index in [1.54, 1.807) is 12.1 Å². The van der Waals surface area contributed by atoms with Gasteiger partial charge in [0.1, 0.15) is 9.75 Å². The van der Waals surface area contributed by atoms with Gasteiger partial charge in [-0.1, -0.05) is 122 Å². The van der Waals surface area contributed by atoms with Gasteiger partial charge in [0.25, 0.3) is 0 Å². The lowest BCUT2D eigenvalue weighted by Crippen LogP contribution is -2.47. The highest BCUT2D eigenvalue weighted by molar-refractivity contribution is 6.56. The zero-order chi connectivity index (χ0) is 23.7. The molecule has 3 aromatic rings. The lowest BCUT2D eigenvalue weighted by atomic mass is 9.60. The fraction of sp³-hybridized carbons (Fsp3) is 0.100. The summed E-state index contributed by atoms with van der Waals surface area (Å²) in [6.45, 7) is 0. The molecule has 3 aliphatic carbocycles. The molecule has 3 aliphatic rings. The number of alkyl halides is 2. The van der Waals surface area contributed by atoms with E-state index in [4.69, 9.17) is 139 Å². The first kappa shape index (κ1) is 24.8. The summed E-state index contributed by atoms with van der Waals surface area (Å²) < 4.78 is 0. The number of hydrogen-bond donors (Lipinski definition) is 0. The normalized spacial score (nSPS) is 22.6. The van der Waals surface area contributed by atoms with Crippen LogP contribution in [0, 0.1) is 0 Å². The van der Waals surface area contributed by atoms with E-state index in [0.717, 1.165) is 0 Å². The highest BCUT2D eigenvalue weighted by Gasteiger charge is 2.63. The highest BCUT2D eigenvalue weighted by atomic mass is 35.5. The van der Waals surface area contributed by atoms with Crippen LogP contribution in [0.4, 0.5) is 0 Å². The third-order valence-corrected chi connectivity index (χ3v) is 11.3. The molecular formula is C20H2Cl12. The summed E-state index contributed by atoms with van der Waals surface area (Å²) in [5.41, 5.74) is 1.86. The Kier molecular flexibility index (Phi) is 6.06. The summed E-state index contributed by atoms with van der Waals surface area (Å²) in [5, 5.41) is 0.424. The van der Waals surface area contributed by atoms with Gasteiger partial charge in [0, 0.05) is 27.8 Å². The molecule has 0 fully saturated rings. The first-order valence-corrected chi connectivity index (χ1v) is 13.0. The maximum Gasteiger partial charge on any atom is 0.125 e. The second-order valence-corrected chi connectivity index (χ2v) is 12.1. The summed E-state index contributed by atoms with van der Waals surface area (Å²) in [7, 11) is 0. The number of benzene rings is 3. The topological polar surface area (TPSA) is 0 Å². The van der Waals surface area contributed by atoms with E-state index in [1.807, 2.05) is 0 Å². The summed E-state index contributed by atoms with van der Waals surface area (Å²) in [6.07, 6.45) is 0. The van der Waals surface area contributed by atoms with E-state index in [1.165, 1.54) is 0 Å². The standard InChI is InChI=1S/C20H2Cl12/c21-4-2-1-3-5(10(4)22)20(32)8-6(11(23)15(27)17(29)13(8)25)19(3,31)7-9(20)14(26)18(30)16(28)12(7)24/h1-2H. The van der Waals surface area contributed by atoms with Crippen LogP contribution in [0.15, 0.2) is 12.1 Å². The molecule has 0 amide bonds. The predicted octanol–water partition coefficient (Wildman–Crippen LogP) is 11.9. The van der Waals surface area contributed by atoms with Crippen molar-refractivity contribution in [2.45, 2.75) is 9.75 Å². The minimum Gasteiger partial charge on any atom is -0.103 e. The molecule has 0 N–H and O–H groups in total. The fourth-order valence-electron chi connectivity index (χ4n) is 4.50. The molecule has 0 aromatic heterocycles. The Hall–Kier alpha value is 1.14. The van der Waals surface area contributed by atoms with Crippen molar-refractivity contribution in [3.63, 3.8) is 0 Å². The van der Waals surface area contributed by atoms with E-state index in [2.05, 4.69) is 0 Å². The molecule has 0 radical (unpaired) electrons. The van der Waals surface area contributed by atoms with E-state index in [0.29, 0.717) is 11.1 Å². The first-order chi connectivity index (χ1) is 14.8. The Morgan fingerprint density at radius 3 is 1.09 bits per heavy atom. The van der Waals surface area contributed by atoms with Crippen LogP contribution in [-0.2, 0) is 9.75 Å². The van der Waals surface area contributed by atoms with Gasteiger partial charge in [-0.05, 0) is 11.6 Å². The van der Waals surface area contributed by atoms with Crippen LogP contribution < -0.4 is 0 Å². The minimum absolute atomic E-state index is 0.00429. The second kappa shape index (κ2) is 7.82. The second-order valence-electron chi connectivity index (χ2n) is 7.11. The molecular weight excluding hydrogens is 666 g/mol. The van der Waals surface area contributed by atoms with Gasteiger partial charge in [0.05, 0.1) is 50.2 Å². The Balaban J connectivity index is 2.17. The average molecular weight is 668 g/mol. The maximum absolute atomic E-state index is 7.44. The van der Waals surface area contributed by atoms with Gasteiger partial charge >= 0.3 is 0 Å². The summed E-state index contributed by atoms with van der Waals surface area (Å²) in [6, 6.07) is 3.24. The zero-order valence-electron chi connectivity index (χ0n) is 14.7. The molecule has 0 saturated heterocycles. The third kappa shape index (κ3) is 2.71. The van der Waals surface area contributed by atoms with Gasteiger partial charge < -0.3 is 0 Å². The van der Waals surface area contributed by atoms with Crippen molar-refractivity contribution in [3.8, 4) is 0 Å². The maximum atomic E-state index is 7.44. The molecule has 3 aromatic carbocycles. The van der Waals surface area contributed by atoms with Crippen molar-refractivity contribution in [3.05, 3.63) is 95.7 Å². The van der Waals surface area contributed by atoms with Gasteiger partial charge in [0.15, 0.2) is 0 Å². The van der Waals surface area contributed by atoms with Crippen LogP contribution in [0.2, 0.25) is 50.2 Å². The third-order valence-electron chi connectivity index (χ3n) is 5.72. The Bertz CT molecular complexity index is 1340. The first-order valence-electron chi connectivity index (χ1n) is 8.43. The summed E-state index contributed by atoms with van der Waals surface area (Å²) in [5.74, 6) is 0. The van der Waals surface area contributed by atoms with Crippen molar-refractivity contribution >= 4 is 139 Å². The lowest BCUT2D eigenvalue weighted by molar-refractivity contribution is 0.666. The number of halogens is 12. The van der Waals surface area contributed by atoms with Crippen molar-refractivity contribution in [1.29, 1.82) is 0 Å². The van der Waals surface area contributed by atoms with E-state index in [9.17, 15) is 0 Å². The van der Waals surface area contributed by atoms with Crippen LogP contribution in [-0.4, -0.2) is 0 Å². The fourth-order valence-corrected chi connectivity index (χ4v) is 8.59. The van der Waals surface area contributed by atoms with Gasteiger partial charge in [-0.15, -0.1) is 23.2 Å². The zero-order valence-corrected chi connectivity index (χ0v) is 23.8. The molecule has 0 aliphatic heterocycles. The van der Waals surface area contributed by atoms with Crippen LogP contribution in [0.25, 0.3) is 0 Å². The average Bonchev–Trinajstić information content (AvgIpc) is 2.75. The van der Waals surface area contributed by atoms with Crippen molar-refractivity contribution in [1.82, 2.24) is 0 Å². The highest BCUT2D eigenvalue weighted by Crippen LogP contribution is 2.73. The molecule has 0 spiro atoms. The van der Waals surface area contributed by atoms with E-state index >= 15 is 0 Å². The molecule has 0 saturated carbocycles. The molecule has 2 bridgehead atoms. The quantitative estimate of drug-likeness (QED) is 0.127. The molecule has 0 unspecified atom stereocenters. The lowest BCUT2D eigenvalue weighted by Gasteiger charge is -2.53. The van der Waals surface area contributed by atoms with Crippen molar-refractivity contribution in [2.24, 2.45) is 0 Å². The van der Waals surface area contributed by atoms with Crippen LogP contribution >= 0.6 is 139 Å². The Morgan fingerprint density at radius 1 is 0.375 bits per heavy atom. The van der Waals surface area contributed by atoms with E-state index < -0.39 is 9.75 Å². The molecule has 0 nitrogen and oxygen atoms in total. The minimum atomic E-state index is -1.68. The summed E-state index contributed by atoms with van der Waals surface area (Å²) >= 11 is 80.3. The largest absolute Gasteiger partial charge is 0.125 e. The number of rotatable bonds is 0. The van der Waals surface area contributed by atoms with Gasteiger partial charge in [-0.25, -0.2) is 0 Å². The van der Waals surface area contributed by atoms with Crippen molar-refractivity contribution in [2.75, 3.05) is 0 Å².